The number of hydrogen-bond acceptors (Lipinski definition) is 7. The maximum atomic E-state index is 13.1. The number of benzene rings is 2. The Kier molecular flexibility index (Phi) is 13.9. The second-order valence-electron chi connectivity index (χ2n) is 10.6. The van der Waals surface area contributed by atoms with Gasteiger partial charge in [0.05, 0.1) is 22.5 Å². The molecule has 42 heavy (non-hydrogen) atoms. The number of nitrogens with zero attached hydrogens (tertiary/aromatic N) is 3. The number of aliphatic hydroxyl groups is 2. The van der Waals surface area contributed by atoms with Crippen LogP contribution in [0.15, 0.2) is 65.2 Å². The van der Waals surface area contributed by atoms with E-state index in [9.17, 15) is 9.90 Å². The number of hydrogen-bond donors (Lipinski definition) is 4. The first kappa shape index (κ1) is 35.2. The second kappa shape index (κ2) is 16.6. The van der Waals surface area contributed by atoms with Crippen LogP contribution in [-0.2, 0) is 6.54 Å². The summed E-state index contributed by atoms with van der Waals surface area (Å²) >= 11 is 4.31. The summed E-state index contributed by atoms with van der Waals surface area (Å²) in [6.07, 6.45) is 4.55. The molecule has 0 spiro atoms. The van der Waals surface area contributed by atoms with Crippen LogP contribution >= 0.6 is 12.6 Å². The molecular weight excluding hydrogens is 547 g/mol. The molecule has 0 atom stereocenters. The van der Waals surface area contributed by atoms with Gasteiger partial charge in [-0.15, -0.1) is 12.6 Å². The molecule has 1 amide bonds. The highest BCUT2D eigenvalue weighted by molar-refractivity contribution is 7.80. The van der Waals surface area contributed by atoms with E-state index in [2.05, 4.69) is 34.0 Å². The van der Waals surface area contributed by atoms with Gasteiger partial charge in [-0.05, 0) is 76.9 Å². The number of rotatable bonds is 8. The van der Waals surface area contributed by atoms with E-state index in [0.717, 1.165) is 34.7 Å². The van der Waals surface area contributed by atoms with E-state index < -0.39 is 5.60 Å². The number of ether oxygens (including phenoxy) is 1. The van der Waals surface area contributed by atoms with Crippen molar-refractivity contribution in [3.63, 3.8) is 0 Å². The third kappa shape index (κ3) is 10.7. The SMILES string of the molecule is CC.CC(C)O.[B]COc1cc(NC(=O)c2cn(-c3ccc(S)cc3)nc2C)ccc1CN1CCC=C(C(C)(C)O)C1. The zero-order valence-electron chi connectivity index (χ0n) is 25.9. The van der Waals surface area contributed by atoms with E-state index in [-0.39, 0.29) is 18.5 Å². The van der Waals surface area contributed by atoms with Crippen LogP contribution < -0.4 is 10.1 Å². The zero-order valence-corrected chi connectivity index (χ0v) is 26.8. The van der Waals surface area contributed by atoms with Gasteiger partial charge in [0.2, 0.25) is 0 Å². The van der Waals surface area contributed by atoms with Crippen LogP contribution in [0.3, 0.4) is 0 Å². The van der Waals surface area contributed by atoms with Gasteiger partial charge in [0.15, 0.2) is 0 Å². The number of anilines is 1. The molecule has 2 heterocycles. The molecule has 0 aliphatic carbocycles. The summed E-state index contributed by atoms with van der Waals surface area (Å²) in [4.78, 5) is 16.2. The summed E-state index contributed by atoms with van der Waals surface area (Å²) in [7, 11) is 5.69. The van der Waals surface area contributed by atoms with Crippen LogP contribution in [-0.4, -0.2) is 69.9 Å². The molecule has 4 rings (SSSR count). The van der Waals surface area contributed by atoms with Crippen molar-refractivity contribution in [3.05, 3.63) is 77.1 Å². The molecule has 3 aromatic rings. The topological polar surface area (TPSA) is 99.8 Å². The number of carbonyl (C=O) groups excluding carboxylic acids is 1. The van der Waals surface area contributed by atoms with E-state index in [1.807, 2.05) is 64.1 Å². The van der Waals surface area contributed by atoms with Gasteiger partial charge in [-0.25, -0.2) is 4.68 Å². The summed E-state index contributed by atoms with van der Waals surface area (Å²) in [5.74, 6) is 0.362. The van der Waals surface area contributed by atoms with E-state index >= 15 is 0 Å². The second-order valence-corrected chi connectivity index (χ2v) is 11.1. The molecule has 1 aliphatic heterocycles. The fourth-order valence-electron chi connectivity index (χ4n) is 4.23. The lowest BCUT2D eigenvalue weighted by Gasteiger charge is -2.33. The smallest absolute Gasteiger partial charge is 0.259 e. The predicted octanol–water partition coefficient (Wildman–Crippen LogP) is 5.54. The average Bonchev–Trinajstić information content (AvgIpc) is 3.33. The third-order valence-electron chi connectivity index (χ3n) is 6.23. The molecule has 10 heteroatoms. The van der Waals surface area contributed by atoms with Crippen LogP contribution in [0.5, 0.6) is 5.75 Å². The highest BCUT2D eigenvalue weighted by atomic mass is 32.1. The first-order chi connectivity index (χ1) is 19.9. The fourth-order valence-corrected chi connectivity index (χ4v) is 4.38. The minimum absolute atomic E-state index is 0.0240. The molecule has 0 bridgehead atoms. The van der Waals surface area contributed by atoms with Crippen molar-refractivity contribution in [2.75, 3.05) is 24.9 Å². The van der Waals surface area contributed by atoms with Gasteiger partial charge in [-0.3, -0.25) is 9.69 Å². The lowest BCUT2D eigenvalue weighted by molar-refractivity contribution is 0.102. The van der Waals surface area contributed by atoms with Crippen LogP contribution in [0.25, 0.3) is 5.69 Å². The standard InChI is InChI=1S/C27H31BN4O3S.C3H8O.C2H6/c1-18-24(16-32(30-18)22-8-10-23(36)11-9-22)26(33)29-21-7-6-19(25(13-21)35-17-28)14-31-12-4-5-20(15-31)27(2,3)34;1-3(2)4;1-2/h5-11,13,16,34,36H,4,12,14-15,17H2,1-3H3,(H,29,33);3-4H,1-2H3;1-2H3. The lowest BCUT2D eigenvalue weighted by Crippen LogP contribution is -2.37. The van der Waals surface area contributed by atoms with Gasteiger partial charge in [-0.1, -0.05) is 26.0 Å². The Morgan fingerprint density at radius 1 is 1.19 bits per heavy atom. The minimum Gasteiger partial charge on any atom is -0.503 e. The number of nitrogens with one attached hydrogen (secondary N) is 1. The van der Waals surface area contributed by atoms with E-state index in [4.69, 9.17) is 17.7 Å². The Morgan fingerprint density at radius 2 is 1.83 bits per heavy atom. The van der Waals surface area contributed by atoms with Crippen molar-refractivity contribution in [2.45, 2.75) is 78.0 Å². The third-order valence-corrected chi connectivity index (χ3v) is 6.53. The molecule has 2 radical (unpaired) electrons. The maximum absolute atomic E-state index is 13.1. The van der Waals surface area contributed by atoms with Gasteiger partial charge in [0.1, 0.15) is 13.6 Å². The van der Waals surface area contributed by atoms with Crippen molar-refractivity contribution in [3.8, 4) is 11.4 Å². The van der Waals surface area contributed by atoms with Gasteiger partial charge in [0.25, 0.3) is 5.91 Å². The first-order valence-electron chi connectivity index (χ1n) is 14.3. The maximum Gasteiger partial charge on any atom is 0.259 e. The molecule has 1 aliphatic rings. The van der Waals surface area contributed by atoms with Gasteiger partial charge < -0.3 is 20.3 Å². The summed E-state index contributed by atoms with van der Waals surface area (Å²) in [6.45, 7) is 15.1. The average molecular weight is 593 g/mol. The molecule has 0 saturated heterocycles. The highest BCUT2D eigenvalue weighted by Gasteiger charge is 2.25. The summed E-state index contributed by atoms with van der Waals surface area (Å²) in [5.41, 5.74) is 3.69. The minimum atomic E-state index is -0.842. The highest BCUT2D eigenvalue weighted by Crippen LogP contribution is 2.28. The zero-order chi connectivity index (χ0) is 31.4. The molecule has 3 N–H and O–H groups in total. The van der Waals surface area contributed by atoms with E-state index in [1.54, 1.807) is 37.7 Å². The van der Waals surface area contributed by atoms with Gasteiger partial charge >= 0.3 is 0 Å². The number of thiol groups is 1. The van der Waals surface area contributed by atoms with Crippen LogP contribution in [0.1, 0.15) is 69.6 Å². The molecule has 1 aromatic heterocycles. The normalized spacial score (nSPS) is 13.4. The molecule has 226 valence electrons. The number of carbonyl (C=O) groups is 1. The number of aliphatic hydroxyl groups excluding tert-OH is 1. The van der Waals surface area contributed by atoms with Crippen molar-refractivity contribution in [1.29, 1.82) is 0 Å². The number of aromatic nitrogens is 2. The largest absolute Gasteiger partial charge is 0.503 e. The molecule has 0 unspecified atom stereocenters. The van der Waals surface area contributed by atoms with Crippen molar-refractivity contribution < 1.29 is 19.7 Å². The summed E-state index contributed by atoms with van der Waals surface area (Å²) in [6, 6.07) is 13.1. The number of aryl methyl sites for hydroxylation is 1. The predicted molar refractivity (Wildman–Crippen MR) is 174 cm³/mol. The van der Waals surface area contributed by atoms with E-state index in [1.165, 1.54) is 0 Å². The summed E-state index contributed by atoms with van der Waals surface area (Å²) in [5, 5.41) is 25.9. The van der Waals surface area contributed by atoms with Crippen molar-refractivity contribution in [1.82, 2.24) is 14.7 Å². The Bertz CT molecular complexity index is 1310. The van der Waals surface area contributed by atoms with Crippen LogP contribution in [0.2, 0.25) is 0 Å². The lowest BCUT2D eigenvalue weighted by atomic mass is 9.94. The molecule has 8 nitrogen and oxygen atoms in total. The van der Waals surface area contributed by atoms with Crippen molar-refractivity contribution >= 4 is 32.1 Å². The van der Waals surface area contributed by atoms with Gasteiger partial charge in [-0.2, -0.15) is 5.10 Å². The molecular formula is C32H45BN4O4S. The van der Waals surface area contributed by atoms with Crippen LogP contribution in [0, 0.1) is 6.92 Å². The fraction of sp³-hybridized carbons (Fsp3) is 0.438. The van der Waals surface area contributed by atoms with E-state index in [0.29, 0.717) is 35.8 Å². The first-order valence-corrected chi connectivity index (χ1v) is 14.8. The Morgan fingerprint density at radius 3 is 2.43 bits per heavy atom. The van der Waals surface area contributed by atoms with Gasteiger partial charge in [0, 0.05) is 60.7 Å². The molecule has 0 saturated carbocycles. The Hall–Kier alpha value is -3.05. The monoisotopic (exact) mass is 592 g/mol. The molecule has 2 aromatic carbocycles. The Labute approximate surface area is 257 Å². The quantitative estimate of drug-likeness (QED) is 0.156. The van der Waals surface area contributed by atoms with Crippen LogP contribution in [0.4, 0.5) is 5.69 Å². The Balaban J connectivity index is 0.000000947. The molecule has 0 fully saturated rings. The summed E-state index contributed by atoms with van der Waals surface area (Å²) < 4.78 is 7.39. The number of amides is 1. The van der Waals surface area contributed by atoms with Crippen molar-refractivity contribution in [2.24, 2.45) is 0 Å².